The highest BCUT2D eigenvalue weighted by atomic mass is 32.2. The first-order chi connectivity index (χ1) is 15.7. The number of rotatable bonds is 2. The molecule has 3 heterocycles. The maximum Gasteiger partial charge on any atom is 0.286 e. The van der Waals surface area contributed by atoms with Crippen molar-refractivity contribution in [3.8, 4) is 0 Å². The van der Waals surface area contributed by atoms with Gasteiger partial charge in [0.15, 0.2) is 10.3 Å². The van der Waals surface area contributed by atoms with E-state index in [-0.39, 0.29) is 11.8 Å². The number of carbonyl (C=O) groups is 2. The summed E-state index contributed by atoms with van der Waals surface area (Å²) in [4.78, 5) is 38.8. The normalized spacial score (nSPS) is 21.5. The molecule has 32 heavy (non-hydrogen) atoms. The molecule has 0 atom stereocenters. The number of hydrogen-bond donors (Lipinski definition) is 0. The van der Waals surface area contributed by atoms with E-state index in [1.165, 1.54) is 23.5 Å². The Labute approximate surface area is 194 Å². The first kappa shape index (κ1) is 20.8. The van der Waals surface area contributed by atoms with Crippen molar-refractivity contribution in [3.05, 3.63) is 81.6 Å². The summed E-state index contributed by atoms with van der Waals surface area (Å²) in [6, 6.07) is 19.6. The lowest BCUT2D eigenvalue weighted by Gasteiger charge is -2.35. The molecule has 1 saturated heterocycles. The topological polar surface area (TPSA) is 65.3 Å². The van der Waals surface area contributed by atoms with Crippen molar-refractivity contribution < 1.29 is 9.59 Å². The molecule has 0 spiro atoms. The van der Waals surface area contributed by atoms with Gasteiger partial charge in [-0.2, -0.15) is 9.98 Å². The van der Waals surface area contributed by atoms with Crippen LogP contribution in [0.4, 0.5) is 0 Å². The van der Waals surface area contributed by atoms with Gasteiger partial charge in [0.2, 0.25) is 0 Å². The Kier molecular flexibility index (Phi) is 5.96. The quantitative estimate of drug-likeness (QED) is 0.633. The smallest absolute Gasteiger partial charge is 0.286 e. The van der Waals surface area contributed by atoms with Gasteiger partial charge in [0.25, 0.3) is 11.8 Å². The summed E-state index contributed by atoms with van der Waals surface area (Å²) in [7, 11) is 0. The van der Waals surface area contributed by atoms with Gasteiger partial charge in [-0.05, 0) is 46.8 Å². The number of piperazine rings is 1. The second-order valence-corrected chi connectivity index (χ2v) is 9.43. The van der Waals surface area contributed by atoms with E-state index in [0.717, 1.165) is 47.6 Å². The molecule has 0 unspecified atom stereocenters. The van der Waals surface area contributed by atoms with Crippen LogP contribution in [0.15, 0.2) is 80.5 Å². The van der Waals surface area contributed by atoms with Crippen LogP contribution in [0, 0.1) is 0 Å². The zero-order valence-corrected chi connectivity index (χ0v) is 18.8. The second-order valence-electron chi connectivity index (χ2n) is 7.42. The molecule has 3 aliphatic rings. The van der Waals surface area contributed by atoms with Gasteiger partial charge >= 0.3 is 0 Å². The maximum absolute atomic E-state index is 12.3. The number of nitrogens with zero attached hydrogens (tertiary/aromatic N) is 4. The van der Waals surface area contributed by atoms with Crippen LogP contribution in [0.5, 0.6) is 0 Å². The molecule has 2 aromatic carbocycles. The summed E-state index contributed by atoms with van der Waals surface area (Å²) in [5, 5.41) is 1.50. The molecule has 1 fully saturated rings. The van der Waals surface area contributed by atoms with E-state index in [0.29, 0.717) is 9.81 Å². The number of aliphatic imine (C=N–C) groups is 2. The van der Waals surface area contributed by atoms with E-state index in [1.54, 1.807) is 0 Å². The van der Waals surface area contributed by atoms with Crippen molar-refractivity contribution in [1.82, 2.24) is 9.80 Å². The first-order valence-electron chi connectivity index (χ1n) is 10.3. The highest BCUT2D eigenvalue weighted by Gasteiger charge is 2.32. The molecule has 0 aromatic heterocycles. The summed E-state index contributed by atoms with van der Waals surface area (Å²) in [5.41, 5.74) is 1.98. The molecule has 8 heteroatoms. The molecule has 160 valence electrons. The van der Waals surface area contributed by atoms with Crippen molar-refractivity contribution in [3.63, 3.8) is 0 Å². The van der Waals surface area contributed by atoms with Crippen LogP contribution in [0.3, 0.4) is 0 Å². The molecular formula is C24H20N4O2S2. The Hall–Kier alpha value is -3.10. The molecule has 0 radical (unpaired) electrons. The monoisotopic (exact) mass is 460 g/mol. The van der Waals surface area contributed by atoms with E-state index >= 15 is 0 Å². The number of amides is 2. The van der Waals surface area contributed by atoms with E-state index in [9.17, 15) is 9.59 Å². The van der Waals surface area contributed by atoms with Crippen LogP contribution in [0.25, 0.3) is 12.2 Å². The minimum Gasteiger partial charge on any atom is -0.347 e. The van der Waals surface area contributed by atoms with Crippen molar-refractivity contribution in [1.29, 1.82) is 0 Å². The van der Waals surface area contributed by atoms with Crippen LogP contribution in [-0.2, 0) is 9.59 Å². The van der Waals surface area contributed by atoms with Crippen LogP contribution < -0.4 is 0 Å². The Morgan fingerprint density at radius 3 is 1.38 bits per heavy atom. The lowest BCUT2D eigenvalue weighted by molar-refractivity contribution is -0.114. The predicted octanol–water partition coefficient (Wildman–Crippen LogP) is 3.95. The summed E-state index contributed by atoms with van der Waals surface area (Å²) in [5.74, 6) is -0.374. The van der Waals surface area contributed by atoms with Crippen LogP contribution in [0.2, 0.25) is 0 Å². The van der Waals surface area contributed by atoms with E-state index in [1.807, 2.05) is 72.8 Å². The van der Waals surface area contributed by atoms with E-state index in [4.69, 9.17) is 0 Å². The molecule has 0 saturated carbocycles. The fourth-order valence-corrected chi connectivity index (χ4v) is 5.49. The molecule has 0 aliphatic carbocycles. The third kappa shape index (κ3) is 4.56. The third-order valence-electron chi connectivity index (χ3n) is 5.23. The van der Waals surface area contributed by atoms with Crippen molar-refractivity contribution in [2.24, 2.45) is 9.98 Å². The zero-order valence-electron chi connectivity index (χ0n) is 17.2. The Morgan fingerprint density at radius 2 is 1.00 bits per heavy atom. The molecule has 0 N–H and O–H groups in total. The maximum atomic E-state index is 12.3. The third-order valence-corrected chi connectivity index (χ3v) is 7.32. The average molecular weight is 461 g/mol. The minimum absolute atomic E-state index is 0.187. The van der Waals surface area contributed by atoms with Crippen LogP contribution >= 0.6 is 23.5 Å². The number of amidine groups is 2. The van der Waals surface area contributed by atoms with Crippen LogP contribution in [-0.4, -0.2) is 58.1 Å². The van der Waals surface area contributed by atoms with Gasteiger partial charge in [-0.3, -0.25) is 9.59 Å². The van der Waals surface area contributed by atoms with Crippen molar-refractivity contribution in [2.75, 3.05) is 26.2 Å². The summed E-state index contributed by atoms with van der Waals surface area (Å²) < 4.78 is 0. The number of benzene rings is 2. The average Bonchev–Trinajstić information content (AvgIpc) is 3.37. The lowest BCUT2D eigenvalue weighted by atomic mass is 10.2. The van der Waals surface area contributed by atoms with E-state index < -0.39 is 0 Å². The lowest BCUT2D eigenvalue weighted by Crippen LogP contribution is -2.49. The first-order valence-corrected chi connectivity index (χ1v) is 11.9. The van der Waals surface area contributed by atoms with Crippen molar-refractivity contribution in [2.45, 2.75) is 0 Å². The summed E-state index contributed by atoms with van der Waals surface area (Å²) in [6.45, 7) is 2.90. The molecular weight excluding hydrogens is 440 g/mol. The summed E-state index contributed by atoms with van der Waals surface area (Å²) in [6.07, 6.45) is 3.77. The van der Waals surface area contributed by atoms with E-state index in [2.05, 4.69) is 19.8 Å². The van der Waals surface area contributed by atoms with Gasteiger partial charge < -0.3 is 9.80 Å². The molecule has 2 amide bonds. The SMILES string of the molecule is O=C1N=C(N2CCN(C3=NC(=O)/C(=C/c4ccccc4)S3)CC2)S/C1=C\c1ccccc1. The molecule has 2 aromatic rings. The number of thioether (sulfide) groups is 2. The fourth-order valence-electron chi connectivity index (χ4n) is 3.56. The van der Waals surface area contributed by atoms with Gasteiger partial charge in [-0.25, -0.2) is 0 Å². The molecule has 3 aliphatic heterocycles. The van der Waals surface area contributed by atoms with Gasteiger partial charge in [-0.15, -0.1) is 0 Å². The Bertz CT molecular complexity index is 1070. The summed E-state index contributed by atoms with van der Waals surface area (Å²) >= 11 is 2.85. The van der Waals surface area contributed by atoms with Crippen molar-refractivity contribution >= 4 is 57.8 Å². The Balaban J connectivity index is 1.19. The molecule has 6 nitrogen and oxygen atoms in total. The predicted molar refractivity (Wildman–Crippen MR) is 132 cm³/mol. The van der Waals surface area contributed by atoms with Crippen LogP contribution in [0.1, 0.15) is 11.1 Å². The zero-order chi connectivity index (χ0) is 21.9. The Morgan fingerprint density at radius 1 is 0.625 bits per heavy atom. The van der Waals surface area contributed by atoms with Gasteiger partial charge in [0.05, 0.1) is 9.81 Å². The molecule has 5 rings (SSSR count). The highest BCUT2D eigenvalue weighted by Crippen LogP contribution is 2.33. The number of carbonyl (C=O) groups excluding carboxylic acids is 2. The largest absolute Gasteiger partial charge is 0.347 e. The van der Waals surface area contributed by atoms with Gasteiger partial charge in [0, 0.05) is 26.2 Å². The van der Waals surface area contributed by atoms with Gasteiger partial charge in [-0.1, -0.05) is 60.7 Å². The highest BCUT2D eigenvalue weighted by molar-refractivity contribution is 8.18. The minimum atomic E-state index is -0.187. The standard InChI is InChI=1S/C24H20N4O2S2/c29-21-19(15-17-7-3-1-4-8-17)31-23(25-21)27-11-13-28(14-12-27)24-26-22(30)20(32-24)16-18-9-5-2-6-10-18/h1-10,15-16H,11-14H2/b19-15-,20-16-. The van der Waals surface area contributed by atoms with Gasteiger partial charge in [0.1, 0.15) is 0 Å². The fraction of sp³-hybridized carbons (Fsp3) is 0.167. The number of hydrogen-bond acceptors (Lipinski definition) is 6. The molecule has 0 bridgehead atoms. The second kappa shape index (κ2) is 9.18.